The van der Waals surface area contributed by atoms with Crippen LogP contribution in [0.25, 0.3) is 43.4 Å². The van der Waals surface area contributed by atoms with Gasteiger partial charge in [0, 0.05) is 16.4 Å². The van der Waals surface area contributed by atoms with Gasteiger partial charge in [0.05, 0.1) is 40.3 Å². The smallest absolute Gasteiger partial charge is 0.0998 e. The molecule has 42 heavy (non-hydrogen) atoms. The number of hydrogen-bond donors (Lipinski definition) is 0. The molecule has 0 unspecified atom stereocenters. The summed E-state index contributed by atoms with van der Waals surface area (Å²) in [5.74, 6) is 0. The van der Waals surface area contributed by atoms with Gasteiger partial charge in [-0.3, -0.25) is 0 Å². The molecule has 7 aromatic carbocycles. The Hall–Kier alpha value is -5.64. The van der Waals surface area contributed by atoms with Crippen LogP contribution in [0.5, 0.6) is 0 Å². The molecule has 0 aromatic heterocycles. The normalized spacial score (nSPS) is 13.6. The Balaban J connectivity index is 1.47. The van der Waals surface area contributed by atoms with Crippen LogP contribution < -0.4 is 4.90 Å². The second-order valence-corrected chi connectivity index (χ2v) is 11.6. The largest absolute Gasteiger partial charge is 0.309 e. The van der Waals surface area contributed by atoms with E-state index in [2.05, 4.69) is 128 Å². The fraction of sp³-hybridized carbons (Fsp3) is 0.0769. The van der Waals surface area contributed by atoms with Gasteiger partial charge in [-0.2, -0.15) is 10.5 Å². The van der Waals surface area contributed by atoms with Crippen LogP contribution in [0.1, 0.15) is 36.1 Å². The van der Waals surface area contributed by atoms with E-state index in [4.69, 9.17) is 0 Å². The van der Waals surface area contributed by atoms with Gasteiger partial charge in [0.25, 0.3) is 0 Å². The van der Waals surface area contributed by atoms with Crippen LogP contribution in [0.3, 0.4) is 0 Å². The molecule has 0 fully saturated rings. The molecular weight excluding hydrogens is 510 g/mol. The van der Waals surface area contributed by atoms with E-state index >= 15 is 0 Å². The predicted octanol–water partition coefficient (Wildman–Crippen LogP) is 10.1. The van der Waals surface area contributed by atoms with E-state index in [1.165, 1.54) is 33.3 Å². The van der Waals surface area contributed by atoms with Gasteiger partial charge < -0.3 is 4.90 Å². The van der Waals surface area contributed by atoms with Gasteiger partial charge in [0.15, 0.2) is 0 Å². The van der Waals surface area contributed by atoms with Gasteiger partial charge in [-0.25, -0.2) is 0 Å². The van der Waals surface area contributed by atoms with Gasteiger partial charge >= 0.3 is 0 Å². The maximum atomic E-state index is 9.96. The molecule has 0 atom stereocenters. The second kappa shape index (κ2) is 8.68. The Morgan fingerprint density at radius 1 is 0.524 bits per heavy atom. The minimum absolute atomic E-state index is 0.130. The molecule has 0 radical (unpaired) electrons. The zero-order valence-corrected chi connectivity index (χ0v) is 23.3. The number of rotatable bonds is 2. The Bertz CT molecular complexity index is 2230. The molecule has 0 saturated heterocycles. The van der Waals surface area contributed by atoms with Gasteiger partial charge in [-0.1, -0.05) is 98.8 Å². The van der Waals surface area contributed by atoms with Crippen molar-refractivity contribution in [3.8, 4) is 23.3 Å². The van der Waals surface area contributed by atoms with Crippen LogP contribution in [-0.4, -0.2) is 0 Å². The third-order valence-corrected chi connectivity index (χ3v) is 9.09. The molecule has 1 aliphatic heterocycles. The van der Waals surface area contributed by atoms with Gasteiger partial charge in [0.1, 0.15) is 0 Å². The molecule has 0 amide bonds. The molecule has 3 heteroatoms. The Kier molecular flexibility index (Phi) is 5.00. The summed E-state index contributed by atoms with van der Waals surface area (Å²) in [6, 6.07) is 44.8. The monoisotopic (exact) mass is 535 g/mol. The maximum Gasteiger partial charge on any atom is 0.0998 e. The van der Waals surface area contributed by atoms with Crippen LogP contribution in [-0.2, 0) is 5.41 Å². The summed E-state index contributed by atoms with van der Waals surface area (Å²) in [6.07, 6.45) is 0. The SMILES string of the molecule is CC1(C)c2ccccc2N(c2ccc3ccc4c(-c5c(C#N)cccc5C#N)ccc5ccc2c3c54)c2ccccc21. The highest BCUT2D eigenvalue weighted by Crippen LogP contribution is 2.53. The van der Waals surface area contributed by atoms with Gasteiger partial charge in [-0.05, 0) is 74.0 Å². The number of nitriles is 2. The van der Waals surface area contributed by atoms with Crippen molar-refractivity contribution in [3.63, 3.8) is 0 Å². The first-order valence-corrected chi connectivity index (χ1v) is 14.2. The van der Waals surface area contributed by atoms with E-state index in [1.807, 2.05) is 0 Å². The number of para-hydroxylation sites is 2. The van der Waals surface area contributed by atoms with Crippen LogP contribution in [0.4, 0.5) is 17.1 Å². The summed E-state index contributed by atoms with van der Waals surface area (Å²) >= 11 is 0. The number of nitrogens with zero attached hydrogens (tertiary/aromatic N) is 3. The van der Waals surface area contributed by atoms with Crippen molar-refractivity contribution in [3.05, 3.63) is 138 Å². The highest BCUT2D eigenvalue weighted by atomic mass is 15.2. The summed E-state index contributed by atoms with van der Waals surface area (Å²) < 4.78 is 0. The lowest BCUT2D eigenvalue weighted by molar-refractivity contribution is 0.632. The van der Waals surface area contributed by atoms with E-state index in [-0.39, 0.29) is 5.41 Å². The summed E-state index contributed by atoms with van der Waals surface area (Å²) in [6.45, 7) is 4.62. The molecule has 0 aliphatic carbocycles. The Labute approximate surface area is 244 Å². The molecule has 0 saturated carbocycles. The zero-order valence-electron chi connectivity index (χ0n) is 23.3. The molecule has 0 N–H and O–H groups in total. The number of anilines is 3. The van der Waals surface area contributed by atoms with Crippen LogP contribution in [0.2, 0.25) is 0 Å². The molecule has 1 heterocycles. The number of fused-ring (bicyclic) bond motifs is 2. The van der Waals surface area contributed by atoms with Crippen molar-refractivity contribution in [2.75, 3.05) is 4.90 Å². The quantitative estimate of drug-likeness (QED) is 0.207. The van der Waals surface area contributed by atoms with Crippen molar-refractivity contribution in [1.82, 2.24) is 0 Å². The molecule has 196 valence electrons. The third kappa shape index (κ3) is 3.14. The average molecular weight is 536 g/mol. The molecule has 0 bridgehead atoms. The van der Waals surface area contributed by atoms with Crippen molar-refractivity contribution < 1.29 is 0 Å². The molecule has 1 aliphatic rings. The standard InChI is InChI=1S/C39H25N3/c1-39(2)31-10-3-5-12-34(31)42(35-13-6-4-11-32(35)39)33-21-17-25-15-19-29-28(36-26(22-40)8-7-9-27(36)23-41)18-14-24-16-20-30(33)38(25)37(24)29/h3-21H,1-2H3. The van der Waals surface area contributed by atoms with Crippen molar-refractivity contribution in [2.45, 2.75) is 19.3 Å². The van der Waals surface area contributed by atoms with Crippen LogP contribution >= 0.6 is 0 Å². The van der Waals surface area contributed by atoms with Crippen LogP contribution in [0, 0.1) is 22.7 Å². The third-order valence-electron chi connectivity index (χ3n) is 9.09. The first-order chi connectivity index (χ1) is 20.5. The van der Waals surface area contributed by atoms with Gasteiger partial charge in [-0.15, -0.1) is 0 Å². The molecule has 0 spiro atoms. The summed E-state index contributed by atoms with van der Waals surface area (Å²) in [4.78, 5) is 2.42. The van der Waals surface area contributed by atoms with Crippen LogP contribution in [0.15, 0.2) is 115 Å². The minimum atomic E-state index is -0.130. The summed E-state index contributed by atoms with van der Waals surface area (Å²) in [5, 5.41) is 26.8. The highest BCUT2D eigenvalue weighted by Gasteiger charge is 2.37. The van der Waals surface area contributed by atoms with E-state index in [1.54, 1.807) is 18.2 Å². The fourth-order valence-corrected chi connectivity index (χ4v) is 7.16. The lowest BCUT2D eigenvalue weighted by Crippen LogP contribution is -2.30. The second-order valence-electron chi connectivity index (χ2n) is 11.6. The first kappa shape index (κ1) is 24.2. The average Bonchev–Trinajstić information content (AvgIpc) is 3.04. The molecule has 3 nitrogen and oxygen atoms in total. The lowest BCUT2D eigenvalue weighted by atomic mass is 9.73. The number of hydrogen-bond acceptors (Lipinski definition) is 3. The summed E-state index contributed by atoms with van der Waals surface area (Å²) in [7, 11) is 0. The summed E-state index contributed by atoms with van der Waals surface area (Å²) in [5.41, 5.74) is 8.61. The van der Waals surface area contributed by atoms with E-state index in [9.17, 15) is 10.5 Å². The molecule has 7 aromatic rings. The predicted molar refractivity (Wildman–Crippen MR) is 172 cm³/mol. The zero-order chi connectivity index (χ0) is 28.6. The topological polar surface area (TPSA) is 50.8 Å². The van der Waals surface area contributed by atoms with E-state index in [0.717, 1.165) is 32.8 Å². The first-order valence-electron chi connectivity index (χ1n) is 14.2. The maximum absolute atomic E-state index is 9.96. The Morgan fingerprint density at radius 3 is 1.67 bits per heavy atom. The highest BCUT2D eigenvalue weighted by molar-refractivity contribution is 6.28. The van der Waals surface area contributed by atoms with Crippen molar-refractivity contribution in [1.29, 1.82) is 10.5 Å². The lowest BCUT2D eigenvalue weighted by Gasteiger charge is -2.42. The molecule has 8 rings (SSSR count). The Morgan fingerprint density at radius 2 is 1.05 bits per heavy atom. The fourth-order valence-electron chi connectivity index (χ4n) is 7.16. The molecular formula is C39H25N3. The van der Waals surface area contributed by atoms with Crippen molar-refractivity contribution >= 4 is 49.4 Å². The minimum Gasteiger partial charge on any atom is -0.309 e. The van der Waals surface area contributed by atoms with E-state index in [0.29, 0.717) is 16.7 Å². The van der Waals surface area contributed by atoms with E-state index < -0.39 is 0 Å². The van der Waals surface area contributed by atoms with Gasteiger partial charge in [0.2, 0.25) is 0 Å². The van der Waals surface area contributed by atoms with Crippen molar-refractivity contribution in [2.24, 2.45) is 0 Å². The number of benzene rings is 7.